The van der Waals surface area contributed by atoms with E-state index in [1.807, 2.05) is 30.3 Å². The van der Waals surface area contributed by atoms with Crippen LogP contribution in [0.15, 0.2) is 54.6 Å². The minimum Gasteiger partial charge on any atom is -0.489 e. The summed E-state index contributed by atoms with van der Waals surface area (Å²) in [5.41, 5.74) is 0.927. The quantitative estimate of drug-likeness (QED) is 0.688. The topological polar surface area (TPSA) is 70.6 Å². The molecule has 0 fully saturated rings. The Bertz CT molecular complexity index is 667. The van der Waals surface area contributed by atoms with Crippen LogP contribution in [0.2, 0.25) is 0 Å². The van der Waals surface area contributed by atoms with Crippen molar-refractivity contribution in [2.24, 2.45) is 0 Å². The summed E-state index contributed by atoms with van der Waals surface area (Å²) in [6.07, 6.45) is 0.104. The molecule has 0 heterocycles. The van der Waals surface area contributed by atoms with E-state index in [9.17, 15) is 14.3 Å². The molecular formula is C19H23FN2O3. The van der Waals surface area contributed by atoms with Crippen LogP contribution in [0, 0.1) is 5.82 Å². The number of aliphatic hydroxyl groups excluding tert-OH is 1. The summed E-state index contributed by atoms with van der Waals surface area (Å²) in [6, 6.07) is 14.7. The van der Waals surface area contributed by atoms with Gasteiger partial charge in [-0.3, -0.25) is 0 Å². The van der Waals surface area contributed by atoms with E-state index in [2.05, 4.69) is 10.6 Å². The Morgan fingerprint density at radius 2 is 1.96 bits per heavy atom. The summed E-state index contributed by atoms with van der Waals surface area (Å²) < 4.78 is 18.7. The molecule has 6 heteroatoms. The van der Waals surface area contributed by atoms with Gasteiger partial charge in [0, 0.05) is 12.7 Å². The lowest BCUT2D eigenvalue weighted by Crippen LogP contribution is -2.42. The molecule has 5 nitrogen and oxygen atoms in total. The fourth-order valence-corrected chi connectivity index (χ4v) is 2.40. The van der Waals surface area contributed by atoms with E-state index in [-0.39, 0.29) is 37.1 Å². The number of ether oxygens (including phenoxy) is 1. The lowest BCUT2D eigenvalue weighted by Gasteiger charge is -2.20. The molecule has 134 valence electrons. The average molecular weight is 346 g/mol. The molecule has 0 aliphatic heterocycles. The van der Waals surface area contributed by atoms with Gasteiger partial charge in [0.1, 0.15) is 17.7 Å². The van der Waals surface area contributed by atoms with Gasteiger partial charge in [-0.2, -0.15) is 0 Å². The first kappa shape index (κ1) is 18.7. The van der Waals surface area contributed by atoms with Crippen molar-refractivity contribution in [3.8, 4) is 5.75 Å². The molecule has 0 saturated carbocycles. The number of carbonyl (C=O) groups excluding carboxylic acids is 1. The zero-order chi connectivity index (χ0) is 18.1. The van der Waals surface area contributed by atoms with Crippen molar-refractivity contribution in [3.63, 3.8) is 0 Å². The largest absolute Gasteiger partial charge is 0.489 e. The molecule has 0 aromatic heterocycles. The van der Waals surface area contributed by atoms with Crippen LogP contribution in [-0.4, -0.2) is 30.4 Å². The summed E-state index contributed by atoms with van der Waals surface area (Å²) in [7, 11) is 0. The number of benzene rings is 2. The number of rotatable bonds is 8. The summed E-state index contributed by atoms with van der Waals surface area (Å²) in [4.78, 5) is 12.1. The van der Waals surface area contributed by atoms with E-state index in [0.717, 1.165) is 5.56 Å². The van der Waals surface area contributed by atoms with Crippen molar-refractivity contribution < 1.29 is 19.0 Å². The monoisotopic (exact) mass is 346 g/mol. The van der Waals surface area contributed by atoms with Crippen molar-refractivity contribution in [2.45, 2.75) is 25.5 Å². The Hall–Kier alpha value is -2.60. The minimum absolute atomic E-state index is 0.0288. The lowest BCUT2D eigenvalue weighted by molar-refractivity contribution is 0.203. The van der Waals surface area contributed by atoms with Gasteiger partial charge in [-0.05, 0) is 31.0 Å². The van der Waals surface area contributed by atoms with Crippen LogP contribution in [-0.2, 0) is 0 Å². The predicted molar refractivity (Wildman–Crippen MR) is 93.9 cm³/mol. The van der Waals surface area contributed by atoms with Gasteiger partial charge < -0.3 is 20.5 Å². The van der Waals surface area contributed by atoms with Gasteiger partial charge in [-0.15, -0.1) is 0 Å². The van der Waals surface area contributed by atoms with Crippen molar-refractivity contribution >= 4 is 6.03 Å². The van der Waals surface area contributed by atoms with Crippen molar-refractivity contribution in [1.82, 2.24) is 10.6 Å². The molecule has 2 amide bonds. The summed E-state index contributed by atoms with van der Waals surface area (Å²) in [5.74, 6) is 0.0438. The summed E-state index contributed by atoms with van der Waals surface area (Å²) in [6.45, 7) is 2.02. The highest BCUT2D eigenvalue weighted by Gasteiger charge is 2.14. The number of nitrogens with one attached hydrogen (secondary N) is 2. The van der Waals surface area contributed by atoms with E-state index in [0.29, 0.717) is 12.2 Å². The summed E-state index contributed by atoms with van der Waals surface area (Å²) in [5, 5.41) is 14.8. The van der Waals surface area contributed by atoms with Gasteiger partial charge in [-0.1, -0.05) is 36.4 Å². The minimum atomic E-state index is -0.370. The first-order valence-corrected chi connectivity index (χ1v) is 8.21. The lowest BCUT2D eigenvalue weighted by atomic mass is 10.0. The SMILES string of the molecule is CC(CNC(=O)N[C@H](CCO)c1ccccc1)Oc1cccc(F)c1. The van der Waals surface area contributed by atoms with Crippen molar-refractivity contribution in [2.75, 3.05) is 13.2 Å². The molecule has 0 spiro atoms. The number of amides is 2. The average Bonchev–Trinajstić information content (AvgIpc) is 2.60. The van der Waals surface area contributed by atoms with Crippen LogP contribution >= 0.6 is 0 Å². The molecule has 2 aromatic carbocycles. The van der Waals surface area contributed by atoms with Gasteiger partial charge in [-0.25, -0.2) is 9.18 Å². The Kier molecular flexibility index (Phi) is 7.22. The Morgan fingerprint density at radius 1 is 1.20 bits per heavy atom. The number of aliphatic hydroxyl groups is 1. The second-order valence-electron chi connectivity index (χ2n) is 5.72. The van der Waals surface area contributed by atoms with Crippen LogP contribution in [0.3, 0.4) is 0 Å². The molecule has 3 N–H and O–H groups in total. The van der Waals surface area contributed by atoms with Gasteiger partial charge >= 0.3 is 6.03 Å². The maximum Gasteiger partial charge on any atom is 0.315 e. The zero-order valence-electron chi connectivity index (χ0n) is 14.1. The highest BCUT2D eigenvalue weighted by molar-refractivity contribution is 5.74. The number of hydrogen-bond donors (Lipinski definition) is 3. The normalized spacial score (nSPS) is 12.9. The van der Waals surface area contributed by atoms with Crippen LogP contribution in [0.5, 0.6) is 5.75 Å². The zero-order valence-corrected chi connectivity index (χ0v) is 14.1. The molecule has 2 aromatic rings. The molecular weight excluding hydrogens is 323 g/mol. The number of hydrogen-bond acceptors (Lipinski definition) is 3. The molecule has 0 aliphatic rings. The van der Waals surface area contributed by atoms with Crippen LogP contribution in [0.1, 0.15) is 24.9 Å². The van der Waals surface area contributed by atoms with Gasteiger partial charge in [0.05, 0.1) is 12.6 Å². The van der Waals surface area contributed by atoms with Gasteiger partial charge in [0.25, 0.3) is 0 Å². The predicted octanol–water partition coefficient (Wildman–Crippen LogP) is 3.02. The van der Waals surface area contributed by atoms with Crippen LogP contribution in [0.25, 0.3) is 0 Å². The second-order valence-corrected chi connectivity index (χ2v) is 5.72. The van der Waals surface area contributed by atoms with Gasteiger partial charge in [0.15, 0.2) is 0 Å². The Labute approximate surface area is 146 Å². The maximum absolute atomic E-state index is 13.1. The number of carbonyl (C=O) groups is 1. The van der Waals surface area contributed by atoms with E-state index in [1.165, 1.54) is 12.1 Å². The van der Waals surface area contributed by atoms with E-state index in [4.69, 9.17) is 4.74 Å². The molecule has 0 aliphatic carbocycles. The van der Waals surface area contributed by atoms with Crippen molar-refractivity contribution in [3.05, 3.63) is 66.0 Å². The number of halogens is 1. The second kappa shape index (κ2) is 9.64. The fourth-order valence-electron chi connectivity index (χ4n) is 2.40. The third-order valence-corrected chi connectivity index (χ3v) is 3.61. The maximum atomic E-state index is 13.1. The van der Waals surface area contributed by atoms with Gasteiger partial charge in [0.2, 0.25) is 0 Å². The molecule has 0 bridgehead atoms. The fraction of sp³-hybridized carbons (Fsp3) is 0.316. The Morgan fingerprint density at radius 3 is 2.64 bits per heavy atom. The standard InChI is InChI=1S/C19H23FN2O3/c1-14(25-17-9-5-8-16(20)12-17)13-21-19(24)22-18(10-11-23)15-6-3-2-4-7-15/h2-9,12,14,18,23H,10-11,13H2,1H3,(H2,21,22,24)/t14?,18-/m1/s1. The third kappa shape index (κ3) is 6.43. The van der Waals surface area contributed by atoms with E-state index >= 15 is 0 Å². The molecule has 2 rings (SSSR count). The highest BCUT2D eigenvalue weighted by atomic mass is 19.1. The molecule has 25 heavy (non-hydrogen) atoms. The summed E-state index contributed by atoms with van der Waals surface area (Å²) >= 11 is 0. The molecule has 0 saturated heterocycles. The molecule has 0 radical (unpaired) electrons. The smallest absolute Gasteiger partial charge is 0.315 e. The third-order valence-electron chi connectivity index (χ3n) is 3.61. The Balaban J connectivity index is 1.82. The number of urea groups is 1. The molecule has 1 unspecified atom stereocenters. The highest BCUT2D eigenvalue weighted by Crippen LogP contribution is 2.16. The van der Waals surface area contributed by atoms with E-state index in [1.54, 1.807) is 19.1 Å². The van der Waals surface area contributed by atoms with Crippen LogP contribution in [0.4, 0.5) is 9.18 Å². The first-order valence-electron chi connectivity index (χ1n) is 8.21. The first-order chi connectivity index (χ1) is 12.1. The molecule has 2 atom stereocenters. The van der Waals surface area contributed by atoms with Crippen molar-refractivity contribution in [1.29, 1.82) is 0 Å². The van der Waals surface area contributed by atoms with Crippen LogP contribution < -0.4 is 15.4 Å². The van der Waals surface area contributed by atoms with E-state index < -0.39 is 0 Å².